The molecule has 3 aromatic rings. The van der Waals surface area contributed by atoms with Gasteiger partial charge in [0, 0.05) is 17.7 Å². The number of nitro groups is 1. The number of benzene rings is 3. The van der Waals surface area contributed by atoms with Crippen molar-refractivity contribution in [3.63, 3.8) is 0 Å². The molecule has 0 N–H and O–H groups in total. The number of amides is 1. The van der Waals surface area contributed by atoms with Crippen LogP contribution in [0.25, 0.3) is 6.08 Å². The highest BCUT2D eigenvalue weighted by atomic mass is 32.2. The Morgan fingerprint density at radius 1 is 1.06 bits per heavy atom. The predicted molar refractivity (Wildman–Crippen MR) is 135 cm³/mol. The van der Waals surface area contributed by atoms with Crippen molar-refractivity contribution in [2.75, 3.05) is 4.90 Å². The third-order valence-corrected chi connectivity index (χ3v) is 6.59. The second-order valence-electron chi connectivity index (χ2n) is 7.54. The summed E-state index contributed by atoms with van der Waals surface area (Å²) in [4.78, 5) is 25.6. The molecule has 0 radical (unpaired) electrons. The normalized spacial score (nSPS) is 14.7. The number of carbonyl (C=O) groups excluding carboxylic acids is 1. The first-order valence-electron chi connectivity index (χ1n) is 10.1. The molecule has 0 spiro atoms. The van der Waals surface area contributed by atoms with Crippen LogP contribution in [0.15, 0.2) is 71.6 Å². The highest BCUT2D eigenvalue weighted by Gasteiger charge is 2.33. The van der Waals surface area contributed by atoms with Crippen LogP contribution in [0.3, 0.4) is 0 Å². The lowest BCUT2D eigenvalue weighted by molar-refractivity contribution is -0.384. The zero-order chi connectivity index (χ0) is 23.5. The Labute approximate surface area is 201 Å². The van der Waals surface area contributed by atoms with E-state index in [4.69, 9.17) is 17.0 Å². The first kappa shape index (κ1) is 22.7. The van der Waals surface area contributed by atoms with Crippen LogP contribution in [0.4, 0.5) is 11.4 Å². The van der Waals surface area contributed by atoms with E-state index >= 15 is 0 Å². The number of ether oxygens (including phenoxy) is 1. The molecule has 33 heavy (non-hydrogen) atoms. The maximum absolute atomic E-state index is 13.1. The minimum atomic E-state index is -0.436. The second-order valence-corrected chi connectivity index (χ2v) is 9.21. The molecule has 1 aliphatic heterocycles. The number of aryl methyl sites for hydroxylation is 2. The lowest BCUT2D eigenvalue weighted by Crippen LogP contribution is -2.27. The summed E-state index contributed by atoms with van der Waals surface area (Å²) >= 11 is 6.75. The van der Waals surface area contributed by atoms with Gasteiger partial charge in [-0.2, -0.15) is 0 Å². The fourth-order valence-corrected chi connectivity index (χ4v) is 4.59. The zero-order valence-corrected chi connectivity index (χ0v) is 19.6. The highest BCUT2D eigenvalue weighted by molar-refractivity contribution is 8.27. The molecule has 1 heterocycles. The summed E-state index contributed by atoms with van der Waals surface area (Å²) in [6, 6.07) is 19.5. The van der Waals surface area contributed by atoms with Crippen molar-refractivity contribution in [1.82, 2.24) is 0 Å². The molecule has 1 aliphatic rings. The number of non-ortho nitro benzene ring substituents is 1. The average Bonchev–Trinajstić information content (AvgIpc) is 3.08. The third-order valence-electron chi connectivity index (χ3n) is 5.29. The van der Waals surface area contributed by atoms with Crippen molar-refractivity contribution in [2.45, 2.75) is 20.5 Å². The maximum Gasteiger partial charge on any atom is 0.270 e. The molecule has 0 aliphatic carbocycles. The lowest BCUT2D eigenvalue weighted by Gasteiger charge is -2.16. The average molecular weight is 477 g/mol. The van der Waals surface area contributed by atoms with Crippen LogP contribution in [0.2, 0.25) is 0 Å². The van der Waals surface area contributed by atoms with E-state index in [1.54, 1.807) is 23.1 Å². The van der Waals surface area contributed by atoms with Gasteiger partial charge in [-0.25, -0.2) is 0 Å². The van der Waals surface area contributed by atoms with E-state index in [2.05, 4.69) is 0 Å². The summed E-state index contributed by atoms with van der Waals surface area (Å²) in [5.74, 6) is 0.436. The van der Waals surface area contributed by atoms with Crippen LogP contribution in [-0.4, -0.2) is 15.2 Å². The van der Waals surface area contributed by atoms with Crippen molar-refractivity contribution in [3.05, 3.63) is 104 Å². The number of thioether (sulfide) groups is 1. The Bertz CT molecular complexity index is 1290. The first-order valence-corrected chi connectivity index (χ1v) is 11.4. The van der Waals surface area contributed by atoms with Gasteiger partial charge in [0.15, 0.2) is 4.32 Å². The number of para-hydroxylation sites is 1. The molecule has 1 fully saturated rings. The van der Waals surface area contributed by atoms with Crippen LogP contribution >= 0.6 is 24.0 Å². The summed E-state index contributed by atoms with van der Waals surface area (Å²) in [5, 5.41) is 10.8. The number of hydrogen-bond donors (Lipinski definition) is 0. The number of nitro benzene ring substituents is 1. The van der Waals surface area contributed by atoms with Gasteiger partial charge in [-0.15, -0.1) is 0 Å². The molecule has 6 nitrogen and oxygen atoms in total. The van der Waals surface area contributed by atoms with E-state index in [-0.39, 0.29) is 18.2 Å². The zero-order valence-electron chi connectivity index (χ0n) is 18.0. The molecule has 1 amide bonds. The third kappa shape index (κ3) is 4.97. The largest absolute Gasteiger partial charge is 0.488 e. The van der Waals surface area contributed by atoms with E-state index in [1.807, 2.05) is 56.3 Å². The van der Waals surface area contributed by atoms with Gasteiger partial charge in [-0.05, 0) is 66.9 Å². The molecule has 0 unspecified atom stereocenters. The van der Waals surface area contributed by atoms with E-state index in [9.17, 15) is 14.9 Å². The molecule has 0 atom stereocenters. The van der Waals surface area contributed by atoms with Gasteiger partial charge in [-0.3, -0.25) is 19.8 Å². The maximum atomic E-state index is 13.1. The van der Waals surface area contributed by atoms with Crippen molar-refractivity contribution in [1.29, 1.82) is 0 Å². The summed E-state index contributed by atoms with van der Waals surface area (Å²) in [7, 11) is 0. The Morgan fingerprint density at radius 3 is 2.48 bits per heavy atom. The van der Waals surface area contributed by atoms with Gasteiger partial charge in [-0.1, -0.05) is 48.2 Å². The molecule has 0 aromatic heterocycles. The number of hydrogen-bond acceptors (Lipinski definition) is 6. The van der Waals surface area contributed by atoms with Crippen molar-refractivity contribution in [3.8, 4) is 5.75 Å². The Hall–Kier alpha value is -3.49. The lowest BCUT2D eigenvalue weighted by atomic mass is 10.1. The minimum absolute atomic E-state index is 0.0324. The molecular weight excluding hydrogens is 456 g/mol. The van der Waals surface area contributed by atoms with Crippen LogP contribution in [0, 0.1) is 24.0 Å². The topological polar surface area (TPSA) is 72.7 Å². The van der Waals surface area contributed by atoms with Crippen LogP contribution < -0.4 is 9.64 Å². The molecule has 3 aromatic carbocycles. The number of rotatable bonds is 6. The van der Waals surface area contributed by atoms with E-state index in [0.29, 0.717) is 15.0 Å². The SMILES string of the molecule is Cc1ccc(N2C(=O)C(=Cc3ccccc3OCc3ccc([N+](=O)[O-])cc3)SC2=S)cc1C. The Balaban J connectivity index is 1.54. The Morgan fingerprint density at radius 2 is 1.79 bits per heavy atom. The molecule has 4 rings (SSSR count). The van der Waals surface area contributed by atoms with Gasteiger partial charge in [0.05, 0.1) is 15.5 Å². The molecule has 166 valence electrons. The molecule has 0 bridgehead atoms. The monoisotopic (exact) mass is 476 g/mol. The molecule has 1 saturated heterocycles. The number of nitrogens with zero attached hydrogens (tertiary/aromatic N) is 2. The standard InChI is InChI=1S/C25H20N2O4S2/c1-16-7-10-21(13-17(16)2)26-24(28)23(33-25(26)32)14-19-5-3-4-6-22(19)31-15-18-8-11-20(12-9-18)27(29)30/h3-14H,15H2,1-2H3. The van der Waals surface area contributed by atoms with Gasteiger partial charge >= 0.3 is 0 Å². The highest BCUT2D eigenvalue weighted by Crippen LogP contribution is 2.37. The second kappa shape index (κ2) is 9.56. The Kier molecular flexibility index (Phi) is 6.57. The molecular formula is C25H20N2O4S2. The predicted octanol–water partition coefficient (Wildman–Crippen LogP) is 6.20. The summed E-state index contributed by atoms with van der Waals surface area (Å²) in [5.41, 5.74) is 4.59. The van der Waals surface area contributed by atoms with Crippen LogP contribution in [0.5, 0.6) is 5.75 Å². The molecule has 8 heteroatoms. The quantitative estimate of drug-likeness (QED) is 0.183. The van der Waals surface area contributed by atoms with Gasteiger partial charge in [0.2, 0.25) is 0 Å². The number of anilines is 1. The van der Waals surface area contributed by atoms with Crippen molar-refractivity contribution < 1.29 is 14.5 Å². The fraction of sp³-hybridized carbons (Fsp3) is 0.120. The smallest absolute Gasteiger partial charge is 0.270 e. The van der Waals surface area contributed by atoms with Gasteiger partial charge in [0.25, 0.3) is 11.6 Å². The van der Waals surface area contributed by atoms with E-state index in [0.717, 1.165) is 27.9 Å². The first-order chi connectivity index (χ1) is 15.8. The van der Waals surface area contributed by atoms with Crippen LogP contribution in [0.1, 0.15) is 22.3 Å². The molecule has 0 saturated carbocycles. The minimum Gasteiger partial charge on any atom is -0.488 e. The summed E-state index contributed by atoms with van der Waals surface area (Å²) in [6.07, 6.45) is 1.78. The van der Waals surface area contributed by atoms with Gasteiger partial charge in [0.1, 0.15) is 12.4 Å². The van der Waals surface area contributed by atoms with Crippen LogP contribution in [-0.2, 0) is 11.4 Å². The number of carbonyl (C=O) groups is 1. The van der Waals surface area contributed by atoms with Gasteiger partial charge < -0.3 is 4.74 Å². The van der Waals surface area contributed by atoms with Crippen molar-refractivity contribution in [2.24, 2.45) is 0 Å². The summed E-state index contributed by atoms with van der Waals surface area (Å²) in [6.45, 7) is 4.27. The van der Waals surface area contributed by atoms with E-state index in [1.165, 1.54) is 23.9 Å². The number of thiocarbonyl (C=S) groups is 1. The van der Waals surface area contributed by atoms with E-state index < -0.39 is 4.92 Å². The summed E-state index contributed by atoms with van der Waals surface area (Å²) < 4.78 is 6.44. The van der Waals surface area contributed by atoms with Crippen molar-refractivity contribution >= 4 is 51.7 Å². The fourth-order valence-electron chi connectivity index (χ4n) is 3.30.